The van der Waals surface area contributed by atoms with E-state index < -0.39 is 6.10 Å². The molecule has 6 heteroatoms. The van der Waals surface area contributed by atoms with E-state index in [1.165, 1.54) is 0 Å². The molecule has 0 aliphatic heterocycles. The largest absolute Gasteiger partial charge is 0.462 e. The molecule has 0 aliphatic carbocycles. The Balaban J connectivity index is 4.57. The van der Waals surface area contributed by atoms with E-state index in [0.717, 1.165) is 109 Å². The Hall–Kier alpha value is -4.19. The number of unbranched alkanes of at least 4 members (excludes halogenated alkanes) is 6. The number of carbonyl (C=O) groups excluding carboxylic acids is 3. The Bertz CT molecular complexity index is 1270. The molecule has 0 aromatic carbocycles. The highest BCUT2D eigenvalue weighted by molar-refractivity contribution is 5.71. The Labute approximate surface area is 348 Å². The number of carbonyl (C=O) groups is 3. The van der Waals surface area contributed by atoms with Crippen molar-refractivity contribution in [3.05, 3.63) is 122 Å². The van der Waals surface area contributed by atoms with E-state index in [0.29, 0.717) is 19.3 Å². The molecule has 0 rings (SSSR count). The Morgan fingerprint density at radius 1 is 0.351 bits per heavy atom. The lowest BCUT2D eigenvalue weighted by atomic mass is 10.1. The van der Waals surface area contributed by atoms with Crippen molar-refractivity contribution in [3.63, 3.8) is 0 Å². The van der Waals surface area contributed by atoms with Crippen LogP contribution in [0.5, 0.6) is 0 Å². The van der Waals surface area contributed by atoms with E-state index in [-0.39, 0.29) is 44.0 Å². The zero-order valence-corrected chi connectivity index (χ0v) is 36.0. The average molecular weight is 787 g/mol. The van der Waals surface area contributed by atoms with Gasteiger partial charge in [0.15, 0.2) is 6.10 Å². The van der Waals surface area contributed by atoms with Gasteiger partial charge in [-0.25, -0.2) is 0 Å². The summed E-state index contributed by atoms with van der Waals surface area (Å²) in [4.78, 5) is 37.6. The molecule has 0 radical (unpaired) electrons. The minimum Gasteiger partial charge on any atom is -0.462 e. The summed E-state index contributed by atoms with van der Waals surface area (Å²) >= 11 is 0. The van der Waals surface area contributed by atoms with Crippen molar-refractivity contribution in [2.24, 2.45) is 0 Å². The number of ether oxygens (including phenoxy) is 3. The van der Waals surface area contributed by atoms with Crippen molar-refractivity contribution in [2.75, 3.05) is 13.2 Å². The zero-order valence-electron chi connectivity index (χ0n) is 36.0. The summed E-state index contributed by atoms with van der Waals surface area (Å²) in [6.07, 6.45) is 60.6. The van der Waals surface area contributed by atoms with Gasteiger partial charge in [0.1, 0.15) is 13.2 Å². The quantitative estimate of drug-likeness (QED) is 0.0270. The average Bonchev–Trinajstić information content (AvgIpc) is 3.21. The van der Waals surface area contributed by atoms with Gasteiger partial charge < -0.3 is 14.2 Å². The molecule has 0 aliphatic rings. The first-order valence-corrected chi connectivity index (χ1v) is 22.0. The number of hydrogen-bond acceptors (Lipinski definition) is 6. The van der Waals surface area contributed by atoms with Crippen molar-refractivity contribution >= 4 is 17.9 Å². The van der Waals surface area contributed by atoms with Gasteiger partial charge in [-0.2, -0.15) is 0 Å². The second-order valence-corrected chi connectivity index (χ2v) is 13.8. The van der Waals surface area contributed by atoms with Gasteiger partial charge in [-0.15, -0.1) is 0 Å². The van der Waals surface area contributed by atoms with Crippen LogP contribution in [0.2, 0.25) is 0 Å². The lowest BCUT2D eigenvalue weighted by Crippen LogP contribution is -2.30. The smallest absolute Gasteiger partial charge is 0.306 e. The number of rotatable bonds is 37. The van der Waals surface area contributed by atoms with Crippen LogP contribution in [0, 0.1) is 0 Å². The van der Waals surface area contributed by atoms with Gasteiger partial charge in [0.05, 0.1) is 0 Å². The van der Waals surface area contributed by atoms with Gasteiger partial charge in [-0.05, 0) is 109 Å². The molecule has 0 N–H and O–H groups in total. The molecule has 0 saturated carbocycles. The maximum Gasteiger partial charge on any atom is 0.306 e. The molecule has 0 bridgehead atoms. The minimum absolute atomic E-state index is 0.132. The van der Waals surface area contributed by atoms with Crippen LogP contribution in [0.4, 0.5) is 0 Å². The molecule has 6 nitrogen and oxygen atoms in total. The highest BCUT2D eigenvalue weighted by Gasteiger charge is 2.19. The van der Waals surface area contributed by atoms with Crippen molar-refractivity contribution in [1.29, 1.82) is 0 Å². The monoisotopic (exact) mass is 787 g/mol. The summed E-state index contributed by atoms with van der Waals surface area (Å²) in [6, 6.07) is 0. The summed E-state index contributed by atoms with van der Waals surface area (Å²) in [5, 5.41) is 0. The molecule has 0 heterocycles. The third kappa shape index (κ3) is 42.8. The fourth-order valence-corrected chi connectivity index (χ4v) is 5.25. The third-order valence-corrected chi connectivity index (χ3v) is 8.46. The predicted molar refractivity (Wildman–Crippen MR) is 242 cm³/mol. The summed E-state index contributed by atoms with van der Waals surface area (Å²) in [5.74, 6) is -1.09. The van der Waals surface area contributed by atoms with Crippen LogP contribution < -0.4 is 0 Å². The standard InChI is InChI=1S/C51H78O6/c1-4-7-10-13-16-19-21-23-25-26-28-29-32-35-38-41-44-50(53)56-47-48(46-55-49(52)43-40-37-34-31-18-15-12-9-6-3)57-51(54)45-42-39-36-33-30-27-24-22-20-17-14-11-8-5-2/h7-12,16-20,23-25,27-29,31,35,38,48H,4-6,13-15,21-22,26,30,32-34,36-37,39-47H2,1-3H3/b10-7-,11-8-,12-9-,19-16-,20-17-,25-23-,27-24-,29-28-,31-18-,38-35-. The summed E-state index contributed by atoms with van der Waals surface area (Å²) in [6.45, 7) is 6.12. The fourth-order valence-electron chi connectivity index (χ4n) is 5.25. The van der Waals surface area contributed by atoms with E-state index in [1.54, 1.807) is 0 Å². The second kappa shape index (κ2) is 44.5. The molecule has 0 amide bonds. The number of esters is 3. The van der Waals surface area contributed by atoms with Gasteiger partial charge in [-0.1, -0.05) is 155 Å². The first-order valence-electron chi connectivity index (χ1n) is 22.0. The van der Waals surface area contributed by atoms with Gasteiger partial charge in [0.2, 0.25) is 0 Å². The van der Waals surface area contributed by atoms with E-state index >= 15 is 0 Å². The van der Waals surface area contributed by atoms with Crippen LogP contribution in [0.25, 0.3) is 0 Å². The molecule has 0 saturated heterocycles. The van der Waals surface area contributed by atoms with E-state index in [4.69, 9.17) is 14.2 Å². The molecule has 1 atom stereocenters. The van der Waals surface area contributed by atoms with Crippen molar-refractivity contribution in [2.45, 2.75) is 168 Å². The van der Waals surface area contributed by atoms with Crippen LogP contribution in [-0.2, 0) is 28.6 Å². The van der Waals surface area contributed by atoms with Gasteiger partial charge in [0.25, 0.3) is 0 Å². The summed E-state index contributed by atoms with van der Waals surface area (Å²) in [7, 11) is 0. The van der Waals surface area contributed by atoms with Gasteiger partial charge in [0, 0.05) is 19.3 Å². The molecule has 0 aromatic heterocycles. The molecular weight excluding hydrogens is 709 g/mol. The Kier molecular flexibility index (Phi) is 41.3. The van der Waals surface area contributed by atoms with Crippen molar-refractivity contribution < 1.29 is 28.6 Å². The molecule has 1 unspecified atom stereocenters. The highest BCUT2D eigenvalue weighted by atomic mass is 16.6. The summed E-state index contributed by atoms with van der Waals surface area (Å²) in [5.41, 5.74) is 0. The van der Waals surface area contributed by atoms with Crippen molar-refractivity contribution in [3.8, 4) is 0 Å². The fraction of sp³-hybridized carbons (Fsp3) is 0.549. The normalized spacial score (nSPS) is 13.2. The Morgan fingerprint density at radius 2 is 0.667 bits per heavy atom. The highest BCUT2D eigenvalue weighted by Crippen LogP contribution is 2.10. The van der Waals surface area contributed by atoms with E-state index in [9.17, 15) is 14.4 Å². The maximum absolute atomic E-state index is 12.7. The summed E-state index contributed by atoms with van der Waals surface area (Å²) < 4.78 is 16.5. The lowest BCUT2D eigenvalue weighted by Gasteiger charge is -2.18. The van der Waals surface area contributed by atoms with Crippen LogP contribution in [0.15, 0.2) is 122 Å². The van der Waals surface area contributed by atoms with Crippen LogP contribution in [0.3, 0.4) is 0 Å². The van der Waals surface area contributed by atoms with E-state index in [1.807, 2.05) is 12.2 Å². The maximum atomic E-state index is 12.7. The first-order chi connectivity index (χ1) is 28.0. The second-order valence-electron chi connectivity index (χ2n) is 13.8. The van der Waals surface area contributed by atoms with Crippen LogP contribution in [0.1, 0.15) is 162 Å². The molecule has 0 fully saturated rings. The van der Waals surface area contributed by atoms with Crippen LogP contribution >= 0.6 is 0 Å². The zero-order chi connectivity index (χ0) is 41.5. The third-order valence-electron chi connectivity index (χ3n) is 8.46. The van der Waals surface area contributed by atoms with E-state index in [2.05, 4.69) is 130 Å². The van der Waals surface area contributed by atoms with Gasteiger partial charge >= 0.3 is 17.9 Å². The first kappa shape index (κ1) is 52.8. The lowest BCUT2D eigenvalue weighted by molar-refractivity contribution is -0.166. The minimum atomic E-state index is -0.833. The number of hydrogen-bond donors (Lipinski definition) is 0. The van der Waals surface area contributed by atoms with Gasteiger partial charge in [-0.3, -0.25) is 14.4 Å². The molecule has 0 aromatic rings. The Morgan fingerprint density at radius 3 is 1.11 bits per heavy atom. The SMILES string of the molecule is CC/C=C\C/C=C\C/C=C\C/C=C\C/C=C\CCC(=O)OCC(COC(=O)CCCC/C=C\C/C=C\CC)OC(=O)CCCCCC/C=C\C/C=C\C/C=C\CC. The number of allylic oxidation sites excluding steroid dienone is 20. The van der Waals surface area contributed by atoms with Crippen LogP contribution in [-0.4, -0.2) is 37.2 Å². The molecular formula is C51H78O6. The molecule has 318 valence electrons. The topological polar surface area (TPSA) is 78.9 Å². The molecule has 0 spiro atoms. The van der Waals surface area contributed by atoms with Crippen molar-refractivity contribution in [1.82, 2.24) is 0 Å². The predicted octanol–water partition coefficient (Wildman–Crippen LogP) is 14.2. The molecule has 57 heavy (non-hydrogen) atoms.